The zero-order valence-electron chi connectivity index (χ0n) is 12.1. The van der Waals surface area contributed by atoms with Gasteiger partial charge in [-0.05, 0) is 49.2 Å². The topological polar surface area (TPSA) is 53.7 Å². The van der Waals surface area contributed by atoms with E-state index in [9.17, 15) is 9.90 Å². The molecule has 1 aromatic heterocycles. The number of furan rings is 1. The Hall–Kier alpha value is -1.78. The lowest BCUT2D eigenvalue weighted by Gasteiger charge is -2.26. The summed E-state index contributed by atoms with van der Waals surface area (Å²) >= 11 is 5.86. The third kappa shape index (κ3) is 3.18. The van der Waals surface area contributed by atoms with E-state index in [1.807, 2.05) is 4.90 Å². The molecule has 1 saturated heterocycles. The standard InChI is InChI=1S/C17H18ClNO3/c18-13-7-5-12(6-8-13)17(21)19-9-1-3-14(19)11-15(20)16-4-2-10-22-16/h2,4-8,10,14-15,20H,1,3,9,11H2. The molecule has 1 N–H and O–H groups in total. The fourth-order valence-corrected chi connectivity index (χ4v) is 3.09. The number of aliphatic hydroxyl groups excluding tert-OH is 1. The van der Waals surface area contributed by atoms with Crippen LogP contribution in [0.3, 0.4) is 0 Å². The predicted octanol–water partition coefficient (Wildman–Crippen LogP) is 3.66. The van der Waals surface area contributed by atoms with Crippen molar-refractivity contribution in [2.24, 2.45) is 0 Å². The van der Waals surface area contributed by atoms with Crippen LogP contribution in [0.4, 0.5) is 0 Å². The van der Waals surface area contributed by atoms with Gasteiger partial charge in [0, 0.05) is 29.6 Å². The highest BCUT2D eigenvalue weighted by molar-refractivity contribution is 6.30. The minimum absolute atomic E-state index is 0.00851. The molecule has 0 saturated carbocycles. The molecule has 0 spiro atoms. The molecule has 4 nitrogen and oxygen atoms in total. The molecule has 2 atom stereocenters. The van der Waals surface area contributed by atoms with Crippen molar-refractivity contribution in [1.82, 2.24) is 4.90 Å². The summed E-state index contributed by atoms with van der Waals surface area (Å²) in [4.78, 5) is 14.5. The molecular weight excluding hydrogens is 302 g/mol. The molecule has 0 radical (unpaired) electrons. The highest BCUT2D eigenvalue weighted by Crippen LogP contribution is 2.29. The molecule has 1 aromatic carbocycles. The van der Waals surface area contributed by atoms with Crippen LogP contribution >= 0.6 is 11.6 Å². The van der Waals surface area contributed by atoms with E-state index in [-0.39, 0.29) is 11.9 Å². The third-order valence-electron chi connectivity index (χ3n) is 4.10. The van der Waals surface area contributed by atoms with Crippen LogP contribution in [-0.2, 0) is 0 Å². The number of likely N-dealkylation sites (tertiary alicyclic amines) is 1. The van der Waals surface area contributed by atoms with Crippen LogP contribution in [0, 0.1) is 0 Å². The Balaban J connectivity index is 1.70. The molecule has 1 amide bonds. The van der Waals surface area contributed by atoms with E-state index in [0.29, 0.717) is 22.8 Å². The van der Waals surface area contributed by atoms with Crippen molar-refractivity contribution >= 4 is 17.5 Å². The lowest BCUT2D eigenvalue weighted by atomic mass is 10.0. The van der Waals surface area contributed by atoms with Crippen LogP contribution in [0.25, 0.3) is 0 Å². The van der Waals surface area contributed by atoms with E-state index < -0.39 is 6.10 Å². The van der Waals surface area contributed by atoms with Crippen molar-refractivity contribution in [1.29, 1.82) is 0 Å². The monoisotopic (exact) mass is 319 g/mol. The van der Waals surface area contributed by atoms with Gasteiger partial charge in [-0.25, -0.2) is 0 Å². The Morgan fingerprint density at radius 1 is 1.36 bits per heavy atom. The molecule has 116 valence electrons. The van der Waals surface area contributed by atoms with Crippen LogP contribution in [0.2, 0.25) is 5.02 Å². The first kappa shape index (κ1) is 15.1. The van der Waals surface area contributed by atoms with Gasteiger partial charge in [-0.2, -0.15) is 0 Å². The number of benzene rings is 1. The number of aliphatic hydroxyl groups is 1. The summed E-state index contributed by atoms with van der Waals surface area (Å²) in [5.74, 6) is 0.539. The third-order valence-corrected chi connectivity index (χ3v) is 4.35. The fraction of sp³-hybridized carbons (Fsp3) is 0.353. The van der Waals surface area contributed by atoms with Crippen LogP contribution < -0.4 is 0 Å². The second kappa shape index (κ2) is 6.55. The Morgan fingerprint density at radius 2 is 2.14 bits per heavy atom. The molecule has 1 aliphatic heterocycles. The number of amides is 1. The minimum atomic E-state index is -0.682. The molecule has 1 aliphatic rings. The van der Waals surface area contributed by atoms with Gasteiger partial charge in [0.05, 0.1) is 6.26 Å². The van der Waals surface area contributed by atoms with Gasteiger partial charge in [0.25, 0.3) is 5.91 Å². The van der Waals surface area contributed by atoms with E-state index in [1.54, 1.807) is 42.7 Å². The normalized spacial score (nSPS) is 19.4. The summed E-state index contributed by atoms with van der Waals surface area (Å²) in [6, 6.07) is 10.5. The van der Waals surface area contributed by atoms with E-state index in [2.05, 4.69) is 0 Å². The number of carbonyl (C=O) groups is 1. The van der Waals surface area contributed by atoms with Gasteiger partial charge >= 0.3 is 0 Å². The summed E-state index contributed by atoms with van der Waals surface area (Å²) in [5.41, 5.74) is 0.629. The van der Waals surface area contributed by atoms with Crippen LogP contribution in [-0.4, -0.2) is 28.5 Å². The lowest BCUT2D eigenvalue weighted by Crippen LogP contribution is -2.36. The molecule has 1 fully saturated rings. The van der Waals surface area contributed by atoms with Crippen LogP contribution in [0.5, 0.6) is 0 Å². The second-order valence-corrected chi connectivity index (χ2v) is 6.00. The van der Waals surface area contributed by atoms with Crippen LogP contribution in [0.1, 0.15) is 41.5 Å². The van der Waals surface area contributed by atoms with Crippen molar-refractivity contribution in [3.63, 3.8) is 0 Å². The number of rotatable bonds is 4. The zero-order valence-corrected chi connectivity index (χ0v) is 12.9. The quantitative estimate of drug-likeness (QED) is 0.935. The number of halogens is 1. The number of hydrogen-bond donors (Lipinski definition) is 1. The van der Waals surface area contributed by atoms with Crippen LogP contribution in [0.15, 0.2) is 47.1 Å². The van der Waals surface area contributed by atoms with Gasteiger partial charge in [0.2, 0.25) is 0 Å². The molecule has 0 aliphatic carbocycles. The summed E-state index contributed by atoms with van der Waals surface area (Å²) < 4.78 is 5.23. The summed E-state index contributed by atoms with van der Waals surface area (Å²) in [6.07, 6.45) is 3.21. The van der Waals surface area contributed by atoms with Gasteiger partial charge in [0.1, 0.15) is 11.9 Å². The van der Waals surface area contributed by atoms with Gasteiger partial charge in [-0.3, -0.25) is 4.79 Å². The molecule has 3 rings (SSSR count). The number of hydrogen-bond acceptors (Lipinski definition) is 3. The Morgan fingerprint density at radius 3 is 2.82 bits per heavy atom. The van der Waals surface area contributed by atoms with Crippen molar-refractivity contribution < 1.29 is 14.3 Å². The first-order valence-corrected chi connectivity index (χ1v) is 7.81. The Kier molecular flexibility index (Phi) is 4.50. The molecule has 22 heavy (non-hydrogen) atoms. The highest BCUT2D eigenvalue weighted by Gasteiger charge is 2.31. The predicted molar refractivity (Wildman–Crippen MR) is 83.8 cm³/mol. The average molecular weight is 320 g/mol. The van der Waals surface area contributed by atoms with Gasteiger partial charge in [0.15, 0.2) is 0 Å². The van der Waals surface area contributed by atoms with Crippen molar-refractivity contribution in [2.75, 3.05) is 6.54 Å². The van der Waals surface area contributed by atoms with Gasteiger partial charge in [-0.1, -0.05) is 11.6 Å². The Bertz CT molecular complexity index is 624. The zero-order chi connectivity index (χ0) is 15.5. The molecule has 0 bridgehead atoms. The molecule has 2 aromatic rings. The van der Waals surface area contributed by atoms with E-state index in [1.165, 1.54) is 0 Å². The molecule has 2 unspecified atom stereocenters. The minimum Gasteiger partial charge on any atom is -0.467 e. The maximum absolute atomic E-state index is 12.6. The maximum atomic E-state index is 12.6. The van der Waals surface area contributed by atoms with Gasteiger partial charge in [-0.15, -0.1) is 0 Å². The first-order valence-electron chi connectivity index (χ1n) is 7.43. The molecule has 2 heterocycles. The SMILES string of the molecule is O=C(c1ccc(Cl)cc1)N1CCCC1CC(O)c1ccco1. The van der Waals surface area contributed by atoms with Crippen molar-refractivity contribution in [3.8, 4) is 0 Å². The maximum Gasteiger partial charge on any atom is 0.254 e. The average Bonchev–Trinajstić information content (AvgIpc) is 3.18. The largest absolute Gasteiger partial charge is 0.467 e. The summed E-state index contributed by atoms with van der Waals surface area (Å²) in [6.45, 7) is 0.719. The van der Waals surface area contributed by atoms with Gasteiger partial charge < -0.3 is 14.4 Å². The fourth-order valence-electron chi connectivity index (χ4n) is 2.96. The number of carbonyl (C=O) groups excluding carboxylic acids is 1. The molecule has 5 heteroatoms. The van der Waals surface area contributed by atoms with Crippen molar-refractivity contribution in [2.45, 2.75) is 31.4 Å². The first-order chi connectivity index (χ1) is 10.6. The Labute approximate surface area is 134 Å². The van der Waals surface area contributed by atoms with E-state index in [4.69, 9.17) is 16.0 Å². The van der Waals surface area contributed by atoms with Crippen molar-refractivity contribution in [3.05, 3.63) is 59.0 Å². The summed E-state index contributed by atoms with van der Waals surface area (Å²) in [5, 5.41) is 10.8. The molecular formula is C17H18ClNO3. The van der Waals surface area contributed by atoms with E-state index in [0.717, 1.165) is 19.4 Å². The number of nitrogens with zero attached hydrogens (tertiary/aromatic N) is 1. The highest BCUT2D eigenvalue weighted by atomic mass is 35.5. The second-order valence-electron chi connectivity index (χ2n) is 5.57. The smallest absolute Gasteiger partial charge is 0.254 e. The summed E-state index contributed by atoms with van der Waals surface area (Å²) in [7, 11) is 0. The van der Waals surface area contributed by atoms with E-state index >= 15 is 0 Å². The lowest BCUT2D eigenvalue weighted by molar-refractivity contribution is 0.0641.